The summed E-state index contributed by atoms with van der Waals surface area (Å²) in [7, 11) is 1.53. The Morgan fingerprint density at radius 1 is 1.03 bits per heavy atom. The number of ether oxygens (including phenoxy) is 1. The number of nitrogens with one attached hydrogen (secondary N) is 1. The van der Waals surface area contributed by atoms with Gasteiger partial charge in [0.1, 0.15) is 12.2 Å². The van der Waals surface area contributed by atoms with Crippen LogP contribution in [0.4, 0.5) is 0 Å². The molecule has 7 nitrogen and oxygen atoms in total. The minimum Gasteiger partial charge on any atom is -0.454 e. The fourth-order valence-electron chi connectivity index (χ4n) is 3.76. The minimum absolute atomic E-state index is 0.0314. The van der Waals surface area contributed by atoms with Gasteiger partial charge in [-0.15, -0.1) is 0 Å². The Labute approximate surface area is 169 Å². The fraction of sp³-hybridized carbons (Fsp3) is 0.364. The summed E-state index contributed by atoms with van der Waals surface area (Å²) >= 11 is 0. The topological polar surface area (TPSA) is 99.1 Å². The Morgan fingerprint density at radius 3 is 2.24 bits per heavy atom. The molecule has 3 rings (SSSR count). The van der Waals surface area contributed by atoms with Crippen molar-refractivity contribution in [3.8, 4) is 0 Å². The number of amides is 1. The molecule has 4 atom stereocenters. The molecular formula is C22H26N2O5. The summed E-state index contributed by atoms with van der Waals surface area (Å²) in [5.74, 6) is -0.811. The van der Waals surface area contributed by atoms with Crippen LogP contribution in [-0.2, 0) is 16.1 Å². The van der Waals surface area contributed by atoms with Gasteiger partial charge >= 0.3 is 5.97 Å². The van der Waals surface area contributed by atoms with Gasteiger partial charge in [-0.3, -0.25) is 9.69 Å². The summed E-state index contributed by atoms with van der Waals surface area (Å²) in [6, 6.07) is 16.8. The summed E-state index contributed by atoms with van der Waals surface area (Å²) in [5.41, 5.74) is 1.33. The second kappa shape index (κ2) is 9.65. The fourth-order valence-corrected chi connectivity index (χ4v) is 3.76. The number of hydrogen-bond donors (Lipinski definition) is 3. The average molecular weight is 398 g/mol. The summed E-state index contributed by atoms with van der Waals surface area (Å²) in [4.78, 5) is 26.6. The number of likely N-dealkylation sites (tertiary alicyclic amines) is 1. The molecule has 0 spiro atoms. The maximum Gasteiger partial charge on any atom is 0.338 e. The molecule has 1 fully saturated rings. The van der Waals surface area contributed by atoms with Crippen molar-refractivity contribution >= 4 is 11.9 Å². The molecule has 1 saturated heterocycles. The second-order valence-corrected chi connectivity index (χ2v) is 7.08. The van der Waals surface area contributed by atoms with Crippen molar-refractivity contribution in [1.29, 1.82) is 0 Å². The first kappa shape index (κ1) is 21.0. The lowest BCUT2D eigenvalue weighted by molar-refractivity contribution is -0.122. The minimum atomic E-state index is -1.12. The SMILES string of the molecule is CNC(=O)C[C@@H]1C(OC(=O)c2ccccc2)[C@H](O)[C@@H](CO)N1Cc1ccccc1. The number of nitrogens with zero attached hydrogens (tertiary/aromatic N) is 1. The molecule has 29 heavy (non-hydrogen) atoms. The Bertz CT molecular complexity index is 814. The molecule has 0 aromatic heterocycles. The highest BCUT2D eigenvalue weighted by Gasteiger charge is 2.50. The van der Waals surface area contributed by atoms with Crippen molar-refractivity contribution in [2.45, 2.75) is 37.3 Å². The van der Waals surface area contributed by atoms with Crippen molar-refractivity contribution in [3.63, 3.8) is 0 Å². The van der Waals surface area contributed by atoms with E-state index in [1.54, 1.807) is 30.3 Å². The Balaban J connectivity index is 1.87. The molecule has 0 saturated carbocycles. The van der Waals surface area contributed by atoms with Gasteiger partial charge in [-0.25, -0.2) is 4.79 Å². The number of carbonyl (C=O) groups excluding carboxylic acids is 2. The van der Waals surface area contributed by atoms with Gasteiger partial charge < -0.3 is 20.3 Å². The zero-order valence-electron chi connectivity index (χ0n) is 16.3. The van der Waals surface area contributed by atoms with Crippen LogP contribution in [-0.4, -0.2) is 64.9 Å². The third-order valence-corrected chi connectivity index (χ3v) is 5.28. The van der Waals surface area contributed by atoms with Crippen LogP contribution in [0, 0.1) is 0 Å². The van der Waals surface area contributed by atoms with Crippen LogP contribution < -0.4 is 5.32 Å². The van der Waals surface area contributed by atoms with Crippen LogP contribution in [0.15, 0.2) is 60.7 Å². The maximum atomic E-state index is 12.6. The smallest absolute Gasteiger partial charge is 0.338 e. The molecule has 1 unspecified atom stereocenters. The number of aliphatic hydroxyl groups excluding tert-OH is 2. The van der Waals surface area contributed by atoms with Crippen LogP contribution in [0.1, 0.15) is 22.3 Å². The summed E-state index contributed by atoms with van der Waals surface area (Å²) in [6.07, 6.45) is -2.03. The summed E-state index contributed by atoms with van der Waals surface area (Å²) in [6.45, 7) is 0.0851. The Kier molecular flexibility index (Phi) is 6.98. The first-order valence-electron chi connectivity index (χ1n) is 9.60. The van der Waals surface area contributed by atoms with E-state index in [0.29, 0.717) is 12.1 Å². The van der Waals surface area contributed by atoms with Crippen molar-refractivity contribution in [2.75, 3.05) is 13.7 Å². The quantitative estimate of drug-likeness (QED) is 0.601. The predicted molar refractivity (Wildman–Crippen MR) is 107 cm³/mol. The van der Waals surface area contributed by atoms with Gasteiger partial charge in [-0.2, -0.15) is 0 Å². The number of rotatable bonds is 7. The van der Waals surface area contributed by atoms with Gasteiger partial charge in [-0.05, 0) is 17.7 Å². The van der Waals surface area contributed by atoms with E-state index in [2.05, 4.69) is 5.32 Å². The lowest BCUT2D eigenvalue weighted by Gasteiger charge is -2.29. The van der Waals surface area contributed by atoms with E-state index in [0.717, 1.165) is 5.56 Å². The number of aliphatic hydroxyl groups is 2. The zero-order chi connectivity index (χ0) is 20.8. The Morgan fingerprint density at radius 2 is 1.66 bits per heavy atom. The number of hydrogen-bond acceptors (Lipinski definition) is 6. The average Bonchev–Trinajstić information content (AvgIpc) is 2.99. The molecule has 2 aromatic carbocycles. The van der Waals surface area contributed by atoms with Crippen molar-refractivity contribution < 1.29 is 24.5 Å². The highest BCUT2D eigenvalue weighted by molar-refractivity contribution is 5.89. The van der Waals surface area contributed by atoms with Crippen LogP contribution in [0.5, 0.6) is 0 Å². The molecule has 1 amide bonds. The number of carbonyl (C=O) groups is 2. The maximum absolute atomic E-state index is 12.6. The summed E-state index contributed by atoms with van der Waals surface area (Å²) < 4.78 is 5.65. The first-order valence-corrected chi connectivity index (χ1v) is 9.60. The molecule has 1 heterocycles. The highest BCUT2D eigenvalue weighted by atomic mass is 16.6. The molecule has 1 aliphatic rings. The molecule has 3 N–H and O–H groups in total. The molecular weight excluding hydrogens is 372 g/mol. The van der Waals surface area contributed by atoms with Gasteiger partial charge in [0.15, 0.2) is 0 Å². The zero-order valence-corrected chi connectivity index (χ0v) is 16.3. The highest BCUT2D eigenvalue weighted by Crippen LogP contribution is 2.32. The van der Waals surface area contributed by atoms with E-state index in [9.17, 15) is 19.8 Å². The van der Waals surface area contributed by atoms with E-state index in [1.807, 2.05) is 35.2 Å². The number of benzene rings is 2. The van der Waals surface area contributed by atoms with Crippen LogP contribution in [0.3, 0.4) is 0 Å². The van der Waals surface area contributed by atoms with Gasteiger partial charge in [0.25, 0.3) is 0 Å². The third-order valence-electron chi connectivity index (χ3n) is 5.28. The first-order chi connectivity index (χ1) is 14.0. The van der Waals surface area contributed by atoms with Crippen LogP contribution in [0.2, 0.25) is 0 Å². The lowest BCUT2D eigenvalue weighted by Crippen LogP contribution is -2.43. The van der Waals surface area contributed by atoms with Crippen molar-refractivity contribution in [1.82, 2.24) is 10.2 Å². The van der Waals surface area contributed by atoms with E-state index in [1.165, 1.54) is 7.05 Å². The third kappa shape index (κ3) is 4.82. The second-order valence-electron chi connectivity index (χ2n) is 7.08. The van der Waals surface area contributed by atoms with Crippen LogP contribution in [0.25, 0.3) is 0 Å². The van der Waals surface area contributed by atoms with Gasteiger partial charge in [-0.1, -0.05) is 48.5 Å². The largest absolute Gasteiger partial charge is 0.454 e. The van der Waals surface area contributed by atoms with Crippen molar-refractivity contribution in [2.24, 2.45) is 0 Å². The van der Waals surface area contributed by atoms with Gasteiger partial charge in [0, 0.05) is 20.0 Å². The van der Waals surface area contributed by atoms with E-state index < -0.39 is 30.3 Å². The molecule has 154 valence electrons. The lowest BCUT2D eigenvalue weighted by atomic mass is 10.0. The van der Waals surface area contributed by atoms with Crippen LogP contribution >= 0.6 is 0 Å². The molecule has 0 aliphatic carbocycles. The summed E-state index contributed by atoms with van der Waals surface area (Å²) in [5, 5.41) is 23.3. The van der Waals surface area contributed by atoms with E-state index in [4.69, 9.17) is 4.74 Å². The monoisotopic (exact) mass is 398 g/mol. The molecule has 0 radical (unpaired) electrons. The normalized spacial score (nSPS) is 24.2. The predicted octanol–water partition coefficient (Wildman–Crippen LogP) is 0.954. The van der Waals surface area contributed by atoms with E-state index in [-0.39, 0.29) is 18.9 Å². The molecule has 1 aliphatic heterocycles. The van der Waals surface area contributed by atoms with Gasteiger partial charge in [0.05, 0.1) is 24.3 Å². The standard InChI is InChI=1S/C22H26N2O5/c1-23-19(26)12-17-21(29-22(28)16-10-6-3-7-11-16)20(27)18(14-25)24(17)13-15-8-4-2-5-9-15/h2-11,17-18,20-21,25,27H,12-14H2,1H3,(H,23,26)/t17-,18-,20-,21?/m1/s1. The Hall–Kier alpha value is -2.74. The molecule has 7 heteroatoms. The van der Waals surface area contributed by atoms with Gasteiger partial charge in [0.2, 0.25) is 5.91 Å². The molecule has 0 bridgehead atoms. The number of esters is 1. The van der Waals surface area contributed by atoms with E-state index >= 15 is 0 Å². The molecule has 2 aromatic rings. The van der Waals surface area contributed by atoms with Crippen molar-refractivity contribution in [3.05, 3.63) is 71.8 Å².